The van der Waals surface area contributed by atoms with E-state index < -0.39 is 138 Å². The monoisotopic (exact) mass is 912 g/mol. The van der Waals surface area contributed by atoms with Crippen LogP contribution in [0.2, 0.25) is 0 Å². The van der Waals surface area contributed by atoms with Crippen LogP contribution in [0.5, 0.6) is 0 Å². The first-order valence-corrected chi connectivity index (χ1v) is 17.8. The highest BCUT2D eigenvalue weighted by Crippen LogP contribution is 2.63. The second-order valence-electron chi connectivity index (χ2n) is 13.3. The van der Waals surface area contributed by atoms with Crippen LogP contribution < -0.4 is 0 Å². The molecule has 5 rings (SSSR count). The van der Waals surface area contributed by atoms with Crippen LogP contribution in [0.1, 0.15) is 63.7 Å². The number of hydrogen-bond acceptors (Lipinski definition) is 8. The van der Waals surface area contributed by atoms with Gasteiger partial charge in [-0.1, -0.05) is 48.5 Å². The SMILES string of the molecule is COC(=O)c1ccc(C(=C2C(=C(c3ccc(C(=O)OC)cc3)C(F)(F)F)C(=C(c3ccc(C(=O)OC)cc3)C(F)(F)F)C2=C(c2ccc(C(=O)OC)cc2)C(F)(F)F)C(F)(F)F)cc1. The Kier molecular flexibility index (Phi) is 13.4. The molecule has 0 saturated heterocycles. The lowest BCUT2D eigenvalue weighted by atomic mass is 9.63. The lowest BCUT2D eigenvalue weighted by Crippen LogP contribution is -2.32. The molecule has 0 N–H and O–H groups in total. The van der Waals surface area contributed by atoms with Crippen molar-refractivity contribution in [3.05, 3.63) is 164 Å². The number of benzene rings is 4. The molecule has 0 radical (unpaired) electrons. The van der Waals surface area contributed by atoms with E-state index in [9.17, 15) is 19.2 Å². The second-order valence-corrected chi connectivity index (χ2v) is 13.3. The number of ether oxygens (including phenoxy) is 4. The molecule has 64 heavy (non-hydrogen) atoms. The van der Waals surface area contributed by atoms with Gasteiger partial charge >= 0.3 is 48.6 Å². The Labute approximate surface area is 353 Å². The first-order valence-electron chi connectivity index (χ1n) is 17.8. The fraction of sp³-hybridized carbons (Fsp3) is 0.182. The molecule has 0 spiro atoms. The summed E-state index contributed by atoms with van der Waals surface area (Å²) in [5, 5.41) is 0. The normalized spacial score (nSPS) is 13.1. The molecular weight excluding hydrogens is 884 g/mol. The Morgan fingerprint density at radius 3 is 0.516 bits per heavy atom. The topological polar surface area (TPSA) is 105 Å². The van der Waals surface area contributed by atoms with Gasteiger partial charge in [0.1, 0.15) is 0 Å². The predicted octanol–water partition coefficient (Wildman–Crippen LogP) is 11.2. The van der Waals surface area contributed by atoms with E-state index in [1.54, 1.807) is 0 Å². The van der Waals surface area contributed by atoms with Gasteiger partial charge in [0, 0.05) is 22.3 Å². The third kappa shape index (κ3) is 9.59. The number of rotatable bonds is 8. The minimum absolute atomic E-state index is 0.434. The van der Waals surface area contributed by atoms with Crippen molar-refractivity contribution < 1.29 is 90.8 Å². The lowest BCUT2D eigenvalue weighted by Gasteiger charge is -2.40. The fourth-order valence-corrected chi connectivity index (χ4v) is 6.80. The smallest absolute Gasteiger partial charge is 0.417 e. The largest absolute Gasteiger partial charge is 0.465 e. The van der Waals surface area contributed by atoms with Crippen molar-refractivity contribution in [2.75, 3.05) is 28.4 Å². The number of allylic oxidation sites excluding steroid dienone is 8. The summed E-state index contributed by atoms with van der Waals surface area (Å²) in [6, 6.07) is 9.43. The van der Waals surface area contributed by atoms with Crippen LogP contribution in [0.3, 0.4) is 0 Å². The van der Waals surface area contributed by atoms with Crippen LogP contribution in [0, 0.1) is 0 Å². The molecule has 0 aliphatic heterocycles. The Hall–Kier alpha value is -7.12. The predicted molar refractivity (Wildman–Crippen MR) is 203 cm³/mol. The molecule has 336 valence electrons. The Morgan fingerprint density at radius 1 is 0.281 bits per heavy atom. The molecule has 0 amide bonds. The molecule has 1 saturated carbocycles. The molecule has 0 aromatic heterocycles. The molecule has 20 heteroatoms. The van der Waals surface area contributed by atoms with Gasteiger partial charge in [-0.25, -0.2) is 19.2 Å². The van der Waals surface area contributed by atoms with E-state index in [2.05, 4.69) is 18.9 Å². The van der Waals surface area contributed by atoms with Crippen LogP contribution in [-0.2, 0) is 18.9 Å². The van der Waals surface area contributed by atoms with Gasteiger partial charge in [-0.05, 0) is 70.8 Å². The van der Waals surface area contributed by atoms with Crippen molar-refractivity contribution in [3.8, 4) is 0 Å². The van der Waals surface area contributed by atoms with Crippen LogP contribution in [0.15, 0.2) is 119 Å². The fourth-order valence-electron chi connectivity index (χ4n) is 6.80. The minimum Gasteiger partial charge on any atom is -0.465 e. The van der Waals surface area contributed by atoms with Gasteiger partial charge in [0.15, 0.2) is 0 Å². The van der Waals surface area contributed by atoms with Crippen LogP contribution in [0.4, 0.5) is 52.7 Å². The number of carbonyl (C=O) groups is 4. The number of esters is 4. The third-order valence-corrected chi connectivity index (χ3v) is 9.51. The molecule has 1 fully saturated rings. The molecule has 0 bridgehead atoms. The second kappa shape index (κ2) is 17.9. The minimum atomic E-state index is -5.98. The van der Waals surface area contributed by atoms with Crippen LogP contribution in [-0.4, -0.2) is 77.0 Å². The van der Waals surface area contributed by atoms with E-state index >= 15 is 52.7 Å². The maximum absolute atomic E-state index is 15.7. The molecule has 4 aromatic rings. The van der Waals surface area contributed by atoms with Gasteiger partial charge in [-0.15, -0.1) is 0 Å². The summed E-state index contributed by atoms with van der Waals surface area (Å²) in [5.41, 5.74) is -23.8. The zero-order valence-corrected chi connectivity index (χ0v) is 33.0. The van der Waals surface area contributed by atoms with E-state index in [4.69, 9.17) is 0 Å². The highest BCUT2D eigenvalue weighted by Gasteiger charge is 2.56. The quantitative estimate of drug-likeness (QED) is 0.0978. The van der Waals surface area contributed by atoms with Gasteiger partial charge in [0.05, 0.1) is 73.0 Å². The van der Waals surface area contributed by atoms with Crippen LogP contribution >= 0.6 is 0 Å². The van der Waals surface area contributed by atoms with Gasteiger partial charge in [0.25, 0.3) is 0 Å². The average molecular weight is 913 g/mol. The highest BCUT2D eigenvalue weighted by atomic mass is 19.4. The number of halogens is 12. The van der Waals surface area contributed by atoms with Crippen molar-refractivity contribution >= 4 is 46.2 Å². The molecule has 0 atom stereocenters. The van der Waals surface area contributed by atoms with Gasteiger partial charge in [0.2, 0.25) is 0 Å². The van der Waals surface area contributed by atoms with Crippen molar-refractivity contribution in [2.45, 2.75) is 24.7 Å². The molecule has 1 aliphatic rings. The Bertz CT molecular complexity index is 2230. The summed E-state index contributed by atoms with van der Waals surface area (Å²) in [6.07, 6.45) is -23.9. The summed E-state index contributed by atoms with van der Waals surface area (Å²) >= 11 is 0. The standard InChI is InChI=1S/C44H28F12O8/c1-61-37(57)25-13-5-21(6-14-25)33(41(45,46)47)29-30(34(42(48,49)50)22-7-15-26(16-8-22)38(58)62-2)32(36(44(54,55)56)24-11-19-28(20-12-24)40(60)64-4)31(29)35(43(51,52)53)23-9-17-27(18-10-23)39(59)63-3/h5-20H,1-4H3. The van der Waals surface area contributed by atoms with Gasteiger partial charge in [-0.2, -0.15) is 52.7 Å². The van der Waals surface area contributed by atoms with E-state index in [-0.39, 0.29) is 0 Å². The lowest BCUT2D eigenvalue weighted by molar-refractivity contribution is -0.0732. The van der Waals surface area contributed by atoms with E-state index in [0.29, 0.717) is 97.1 Å². The van der Waals surface area contributed by atoms with Crippen molar-refractivity contribution in [1.29, 1.82) is 0 Å². The van der Waals surface area contributed by atoms with E-state index in [0.717, 1.165) is 28.4 Å². The Morgan fingerprint density at radius 2 is 0.406 bits per heavy atom. The Balaban J connectivity index is 2.20. The molecular formula is C44H28F12O8. The number of methoxy groups -OCH3 is 4. The summed E-state index contributed by atoms with van der Waals surface area (Å²) in [5.74, 6) is -4.50. The maximum Gasteiger partial charge on any atom is 0.417 e. The third-order valence-electron chi connectivity index (χ3n) is 9.51. The molecule has 0 unspecified atom stereocenters. The van der Waals surface area contributed by atoms with E-state index in [1.165, 1.54) is 0 Å². The van der Waals surface area contributed by atoms with Crippen molar-refractivity contribution in [1.82, 2.24) is 0 Å². The summed E-state index contributed by atoms with van der Waals surface area (Å²) in [6.45, 7) is 0. The van der Waals surface area contributed by atoms with Crippen molar-refractivity contribution in [2.24, 2.45) is 0 Å². The average Bonchev–Trinajstić information content (AvgIpc) is 3.24. The van der Waals surface area contributed by atoms with E-state index in [1.807, 2.05) is 0 Å². The zero-order chi connectivity index (χ0) is 47.7. The van der Waals surface area contributed by atoms with Crippen molar-refractivity contribution in [3.63, 3.8) is 0 Å². The molecule has 4 aromatic carbocycles. The summed E-state index contributed by atoms with van der Waals surface area (Å²) < 4.78 is 207. The highest BCUT2D eigenvalue weighted by molar-refractivity contribution is 6.09. The van der Waals surface area contributed by atoms with Crippen LogP contribution in [0.25, 0.3) is 22.3 Å². The summed E-state index contributed by atoms with van der Waals surface area (Å²) in [7, 11) is 3.57. The molecule has 8 nitrogen and oxygen atoms in total. The first kappa shape index (κ1) is 47.9. The molecule has 0 heterocycles. The zero-order valence-electron chi connectivity index (χ0n) is 33.0. The van der Waals surface area contributed by atoms with Gasteiger partial charge < -0.3 is 18.9 Å². The number of alkyl halides is 12. The maximum atomic E-state index is 15.7. The van der Waals surface area contributed by atoms with Gasteiger partial charge in [-0.3, -0.25) is 0 Å². The number of hydrogen-bond donors (Lipinski definition) is 0. The summed E-state index contributed by atoms with van der Waals surface area (Å²) in [4.78, 5) is 48.7. The first-order chi connectivity index (χ1) is 29.8. The number of carbonyl (C=O) groups excluding carboxylic acids is 4. The molecule has 1 aliphatic carbocycles.